The molecule has 5 nitrogen and oxygen atoms in total. The SMILES string of the molecule is CCNC(=NCC(CC)(CC)CO)NC(C)c1cccc(N2CCCC2)c1.I. The van der Waals surface area contributed by atoms with Crippen LogP contribution in [0.2, 0.25) is 0 Å². The monoisotopic (exact) mass is 502 g/mol. The molecule has 1 atom stereocenters. The number of nitrogens with zero attached hydrogens (tertiary/aromatic N) is 2. The Labute approximate surface area is 188 Å². The molecule has 1 saturated heterocycles. The highest BCUT2D eigenvalue weighted by Gasteiger charge is 2.25. The lowest BCUT2D eigenvalue weighted by Crippen LogP contribution is -2.40. The zero-order valence-corrected chi connectivity index (χ0v) is 20.3. The first-order valence-corrected chi connectivity index (χ1v) is 10.6. The van der Waals surface area contributed by atoms with E-state index in [4.69, 9.17) is 4.99 Å². The number of hydrogen-bond acceptors (Lipinski definition) is 3. The van der Waals surface area contributed by atoms with Gasteiger partial charge in [-0.15, -0.1) is 24.0 Å². The Morgan fingerprint density at radius 1 is 1.21 bits per heavy atom. The van der Waals surface area contributed by atoms with Gasteiger partial charge in [-0.05, 0) is 57.2 Å². The molecule has 6 heteroatoms. The van der Waals surface area contributed by atoms with Gasteiger partial charge in [-0.25, -0.2) is 0 Å². The van der Waals surface area contributed by atoms with E-state index in [2.05, 4.69) is 67.5 Å². The minimum absolute atomic E-state index is 0. The minimum Gasteiger partial charge on any atom is -0.396 e. The van der Waals surface area contributed by atoms with E-state index in [9.17, 15) is 5.11 Å². The number of hydrogen-bond donors (Lipinski definition) is 3. The molecule has 0 aliphatic carbocycles. The maximum absolute atomic E-state index is 9.80. The number of rotatable bonds is 9. The summed E-state index contributed by atoms with van der Waals surface area (Å²) < 4.78 is 0. The summed E-state index contributed by atoms with van der Waals surface area (Å²) in [7, 11) is 0. The first-order chi connectivity index (χ1) is 13.1. The number of aliphatic hydroxyl groups excluding tert-OH is 1. The van der Waals surface area contributed by atoms with Crippen LogP contribution in [0.3, 0.4) is 0 Å². The summed E-state index contributed by atoms with van der Waals surface area (Å²) in [6.45, 7) is 12.5. The number of anilines is 1. The number of benzene rings is 1. The van der Waals surface area contributed by atoms with Gasteiger partial charge in [0, 0.05) is 30.7 Å². The quantitative estimate of drug-likeness (QED) is 0.268. The van der Waals surface area contributed by atoms with Crippen LogP contribution < -0.4 is 15.5 Å². The molecule has 2 rings (SSSR count). The second-order valence-corrected chi connectivity index (χ2v) is 7.72. The van der Waals surface area contributed by atoms with Gasteiger partial charge in [0.05, 0.1) is 19.2 Å². The number of halogens is 1. The highest BCUT2D eigenvalue weighted by Crippen LogP contribution is 2.26. The molecule has 0 radical (unpaired) electrons. The van der Waals surface area contributed by atoms with Crippen LogP contribution >= 0.6 is 24.0 Å². The normalized spacial score (nSPS) is 15.9. The van der Waals surface area contributed by atoms with E-state index in [1.165, 1.54) is 24.1 Å². The van der Waals surface area contributed by atoms with Gasteiger partial charge in [0.2, 0.25) is 0 Å². The summed E-state index contributed by atoms with van der Waals surface area (Å²) in [6, 6.07) is 8.99. The first-order valence-electron chi connectivity index (χ1n) is 10.6. The molecule has 1 aromatic rings. The van der Waals surface area contributed by atoms with Crippen LogP contribution in [0.1, 0.15) is 65.0 Å². The maximum atomic E-state index is 9.80. The van der Waals surface area contributed by atoms with Crippen molar-refractivity contribution in [1.82, 2.24) is 10.6 Å². The van der Waals surface area contributed by atoms with Crippen molar-refractivity contribution in [2.24, 2.45) is 10.4 Å². The molecule has 1 aromatic carbocycles. The zero-order valence-electron chi connectivity index (χ0n) is 18.0. The second-order valence-electron chi connectivity index (χ2n) is 7.72. The molecule has 1 fully saturated rings. The predicted octanol–water partition coefficient (Wildman–Crippen LogP) is 4.32. The lowest BCUT2D eigenvalue weighted by atomic mass is 9.83. The smallest absolute Gasteiger partial charge is 0.191 e. The molecule has 1 aliphatic rings. The topological polar surface area (TPSA) is 59.9 Å². The van der Waals surface area contributed by atoms with E-state index >= 15 is 0 Å². The molecule has 0 saturated carbocycles. The van der Waals surface area contributed by atoms with E-state index in [1.807, 2.05) is 0 Å². The third-order valence-corrected chi connectivity index (χ3v) is 5.95. The van der Waals surface area contributed by atoms with Crippen molar-refractivity contribution in [3.05, 3.63) is 29.8 Å². The van der Waals surface area contributed by atoms with Crippen molar-refractivity contribution in [2.75, 3.05) is 37.7 Å². The van der Waals surface area contributed by atoms with Gasteiger partial charge >= 0.3 is 0 Å². The Morgan fingerprint density at radius 3 is 2.46 bits per heavy atom. The Hall–Kier alpha value is -1.02. The highest BCUT2D eigenvalue weighted by atomic mass is 127. The van der Waals surface area contributed by atoms with Gasteiger partial charge in [-0.1, -0.05) is 26.0 Å². The lowest BCUT2D eigenvalue weighted by Gasteiger charge is -2.28. The van der Waals surface area contributed by atoms with Crippen molar-refractivity contribution in [1.29, 1.82) is 0 Å². The number of guanidine groups is 1. The third-order valence-electron chi connectivity index (χ3n) is 5.95. The van der Waals surface area contributed by atoms with Gasteiger partial charge in [0.25, 0.3) is 0 Å². The maximum Gasteiger partial charge on any atom is 0.191 e. The van der Waals surface area contributed by atoms with Crippen LogP contribution in [-0.4, -0.2) is 43.9 Å². The van der Waals surface area contributed by atoms with Gasteiger partial charge in [-0.3, -0.25) is 4.99 Å². The molecule has 0 spiro atoms. The van der Waals surface area contributed by atoms with Crippen LogP contribution in [0.5, 0.6) is 0 Å². The Bertz CT molecular complexity index is 590. The molecular weight excluding hydrogens is 463 g/mol. The van der Waals surface area contributed by atoms with Crippen molar-refractivity contribution < 1.29 is 5.11 Å². The van der Waals surface area contributed by atoms with E-state index in [0.29, 0.717) is 6.54 Å². The molecule has 1 unspecified atom stereocenters. The average molecular weight is 502 g/mol. The van der Waals surface area contributed by atoms with Crippen molar-refractivity contribution in [3.63, 3.8) is 0 Å². The summed E-state index contributed by atoms with van der Waals surface area (Å²) in [5, 5.41) is 16.7. The molecule has 1 aliphatic heterocycles. The minimum atomic E-state index is -0.124. The Balaban J connectivity index is 0.00000392. The van der Waals surface area contributed by atoms with E-state index in [-0.39, 0.29) is 42.0 Å². The molecule has 0 amide bonds. The van der Waals surface area contributed by atoms with Crippen molar-refractivity contribution in [3.8, 4) is 0 Å². The Morgan fingerprint density at radius 2 is 1.89 bits per heavy atom. The Kier molecular flexibility index (Phi) is 11.2. The van der Waals surface area contributed by atoms with Crippen LogP contribution in [0.15, 0.2) is 29.3 Å². The summed E-state index contributed by atoms with van der Waals surface area (Å²) in [5.41, 5.74) is 2.46. The summed E-state index contributed by atoms with van der Waals surface area (Å²) >= 11 is 0. The zero-order chi connectivity index (χ0) is 19.7. The molecule has 28 heavy (non-hydrogen) atoms. The van der Waals surface area contributed by atoms with Crippen LogP contribution in [-0.2, 0) is 0 Å². The summed E-state index contributed by atoms with van der Waals surface area (Å²) in [5.74, 6) is 0.816. The fraction of sp³-hybridized carbons (Fsp3) is 0.682. The van der Waals surface area contributed by atoms with Crippen molar-refractivity contribution >= 4 is 35.6 Å². The number of aliphatic imine (C=N–C) groups is 1. The first kappa shape index (κ1) is 25.0. The molecular formula is C22H39IN4O. The van der Waals surface area contributed by atoms with Gasteiger partial charge in [-0.2, -0.15) is 0 Å². The van der Waals surface area contributed by atoms with Crippen molar-refractivity contribution in [2.45, 2.75) is 59.4 Å². The molecule has 0 aromatic heterocycles. The summed E-state index contributed by atoms with van der Waals surface area (Å²) in [4.78, 5) is 7.25. The largest absolute Gasteiger partial charge is 0.396 e. The van der Waals surface area contributed by atoms with E-state index in [1.54, 1.807) is 0 Å². The van der Waals surface area contributed by atoms with E-state index in [0.717, 1.165) is 38.4 Å². The highest BCUT2D eigenvalue weighted by molar-refractivity contribution is 14.0. The predicted molar refractivity (Wildman–Crippen MR) is 131 cm³/mol. The number of nitrogens with one attached hydrogen (secondary N) is 2. The molecule has 160 valence electrons. The second kappa shape index (κ2) is 12.5. The fourth-order valence-corrected chi connectivity index (χ4v) is 3.57. The average Bonchev–Trinajstić information content (AvgIpc) is 3.24. The standard InChI is InChI=1S/C22H38N4O.HI/c1-5-22(6-2,17-27)16-24-21(23-7-3)25-18(4)19-11-10-12-20(15-19)26-13-8-9-14-26;/h10-12,15,18,27H,5-9,13-14,16-17H2,1-4H3,(H2,23,24,25);1H. The van der Waals surface area contributed by atoms with Crippen LogP contribution in [0.25, 0.3) is 0 Å². The molecule has 0 bridgehead atoms. The summed E-state index contributed by atoms with van der Waals surface area (Å²) in [6.07, 6.45) is 4.43. The molecule has 1 heterocycles. The fourth-order valence-electron chi connectivity index (χ4n) is 3.57. The molecule has 3 N–H and O–H groups in total. The van der Waals surface area contributed by atoms with Gasteiger partial charge in [0.15, 0.2) is 5.96 Å². The van der Waals surface area contributed by atoms with Crippen LogP contribution in [0.4, 0.5) is 5.69 Å². The number of aliphatic hydroxyl groups is 1. The third kappa shape index (κ3) is 6.79. The van der Waals surface area contributed by atoms with Gasteiger partial charge in [0.1, 0.15) is 0 Å². The van der Waals surface area contributed by atoms with Crippen LogP contribution in [0, 0.1) is 5.41 Å². The van der Waals surface area contributed by atoms with E-state index < -0.39 is 0 Å². The lowest BCUT2D eigenvalue weighted by molar-refractivity contribution is 0.123. The van der Waals surface area contributed by atoms with Gasteiger partial charge < -0.3 is 20.6 Å².